The summed E-state index contributed by atoms with van der Waals surface area (Å²) < 4.78 is 5.89. The van der Waals surface area contributed by atoms with Gasteiger partial charge >= 0.3 is 0 Å². The Morgan fingerprint density at radius 2 is 1.88 bits per heavy atom. The van der Waals surface area contributed by atoms with Gasteiger partial charge in [0.25, 0.3) is 0 Å². The van der Waals surface area contributed by atoms with Gasteiger partial charge in [-0.2, -0.15) is 0 Å². The number of rotatable bonds is 5. The number of hydrogen-bond acceptors (Lipinski definition) is 3. The van der Waals surface area contributed by atoms with Crippen LogP contribution in [0.4, 0.5) is 0 Å². The molecule has 24 heavy (non-hydrogen) atoms. The molecule has 0 bridgehead atoms. The van der Waals surface area contributed by atoms with Gasteiger partial charge in [0.2, 0.25) is 0 Å². The third kappa shape index (κ3) is 3.93. The van der Waals surface area contributed by atoms with Crippen molar-refractivity contribution in [1.29, 1.82) is 0 Å². The number of hydrogen-bond donors (Lipinski definition) is 1. The van der Waals surface area contributed by atoms with Crippen LogP contribution in [0.5, 0.6) is 0 Å². The zero-order chi connectivity index (χ0) is 17.0. The minimum Gasteiger partial charge on any atom is -0.396 e. The standard InChI is InChI=1S/C19H21Cl2NO2/c20-17-7-6-16(10-18(17)21)19(8-9-23)12-22(14-24-13-19)11-15-4-2-1-3-5-15/h1-7,10,23H,8-9,11-14H2. The van der Waals surface area contributed by atoms with E-state index < -0.39 is 0 Å². The molecule has 5 heteroatoms. The summed E-state index contributed by atoms with van der Waals surface area (Å²) in [7, 11) is 0. The van der Waals surface area contributed by atoms with Crippen LogP contribution in [-0.4, -0.2) is 36.5 Å². The van der Waals surface area contributed by atoms with Gasteiger partial charge in [-0.05, 0) is 29.7 Å². The van der Waals surface area contributed by atoms with Crippen molar-refractivity contribution in [2.75, 3.05) is 26.5 Å². The highest BCUT2D eigenvalue weighted by Crippen LogP contribution is 2.36. The van der Waals surface area contributed by atoms with Gasteiger partial charge in [-0.3, -0.25) is 4.90 Å². The molecule has 0 radical (unpaired) electrons. The molecule has 0 aliphatic carbocycles. The summed E-state index contributed by atoms with van der Waals surface area (Å²) in [4.78, 5) is 2.26. The van der Waals surface area contributed by atoms with Crippen LogP contribution in [0.2, 0.25) is 10.0 Å². The first-order chi connectivity index (χ1) is 11.6. The second-order valence-corrected chi connectivity index (χ2v) is 7.15. The summed E-state index contributed by atoms with van der Waals surface area (Å²) in [6.07, 6.45) is 0.621. The molecule has 1 aliphatic rings. The van der Waals surface area contributed by atoms with Gasteiger partial charge in [0, 0.05) is 25.1 Å². The van der Waals surface area contributed by atoms with Crippen LogP contribution in [-0.2, 0) is 16.7 Å². The molecule has 1 atom stereocenters. The van der Waals surface area contributed by atoms with Crippen LogP contribution in [0.15, 0.2) is 48.5 Å². The van der Waals surface area contributed by atoms with E-state index in [-0.39, 0.29) is 12.0 Å². The molecular formula is C19H21Cl2NO2. The fourth-order valence-corrected chi connectivity index (χ4v) is 3.64. The minimum absolute atomic E-state index is 0.1000. The molecule has 1 aliphatic heterocycles. The van der Waals surface area contributed by atoms with Crippen LogP contribution in [0.3, 0.4) is 0 Å². The molecule has 1 N–H and O–H groups in total. The van der Waals surface area contributed by atoms with Gasteiger partial charge in [-0.15, -0.1) is 0 Å². The Hall–Kier alpha value is -1.10. The normalized spacial score (nSPS) is 21.8. The molecule has 0 spiro atoms. The molecule has 1 unspecified atom stereocenters. The zero-order valence-electron chi connectivity index (χ0n) is 13.4. The van der Waals surface area contributed by atoms with Crippen molar-refractivity contribution >= 4 is 23.2 Å². The van der Waals surface area contributed by atoms with Gasteiger partial charge in [-0.25, -0.2) is 0 Å². The molecule has 0 amide bonds. The lowest BCUT2D eigenvalue weighted by Gasteiger charge is -2.43. The smallest absolute Gasteiger partial charge is 0.0993 e. The molecule has 1 fully saturated rings. The summed E-state index contributed by atoms with van der Waals surface area (Å²) in [6.45, 7) is 2.87. The van der Waals surface area contributed by atoms with Gasteiger partial charge in [-0.1, -0.05) is 59.6 Å². The molecule has 2 aromatic carbocycles. The van der Waals surface area contributed by atoms with E-state index in [0.717, 1.165) is 18.7 Å². The number of nitrogens with zero attached hydrogens (tertiary/aromatic N) is 1. The SMILES string of the molecule is OCCC1(c2ccc(Cl)c(Cl)c2)COCN(Cc2ccccc2)C1. The van der Waals surface area contributed by atoms with Crippen molar-refractivity contribution in [2.24, 2.45) is 0 Å². The molecular weight excluding hydrogens is 345 g/mol. The summed E-state index contributed by atoms with van der Waals surface area (Å²) in [5.74, 6) is 0. The van der Waals surface area contributed by atoms with Crippen molar-refractivity contribution in [3.05, 3.63) is 69.7 Å². The first-order valence-corrected chi connectivity index (χ1v) is 8.79. The van der Waals surface area contributed by atoms with Crippen molar-refractivity contribution in [3.63, 3.8) is 0 Å². The van der Waals surface area contributed by atoms with E-state index in [9.17, 15) is 5.11 Å². The van der Waals surface area contributed by atoms with E-state index >= 15 is 0 Å². The molecule has 2 aromatic rings. The summed E-state index contributed by atoms with van der Waals surface area (Å²) in [6, 6.07) is 16.0. The maximum absolute atomic E-state index is 9.61. The van der Waals surface area contributed by atoms with Crippen molar-refractivity contribution in [2.45, 2.75) is 18.4 Å². The topological polar surface area (TPSA) is 32.7 Å². The summed E-state index contributed by atoms with van der Waals surface area (Å²) >= 11 is 12.3. The Labute approximate surface area is 152 Å². The molecule has 0 aromatic heterocycles. The maximum Gasteiger partial charge on any atom is 0.0993 e. The molecule has 1 heterocycles. The van der Waals surface area contributed by atoms with E-state index in [1.807, 2.05) is 36.4 Å². The average molecular weight is 366 g/mol. The highest BCUT2D eigenvalue weighted by molar-refractivity contribution is 6.42. The third-order valence-corrected chi connectivity index (χ3v) is 5.29. The van der Waals surface area contributed by atoms with Crippen LogP contribution in [0.1, 0.15) is 17.5 Å². The molecule has 1 saturated heterocycles. The predicted molar refractivity (Wildman–Crippen MR) is 97.5 cm³/mol. The lowest BCUT2D eigenvalue weighted by Crippen LogP contribution is -2.50. The number of halogens is 2. The predicted octanol–water partition coefficient (Wildman–Crippen LogP) is 4.10. The molecule has 3 nitrogen and oxygen atoms in total. The molecule has 128 valence electrons. The van der Waals surface area contributed by atoms with E-state index in [1.165, 1.54) is 5.56 Å². The number of ether oxygens (including phenoxy) is 1. The lowest BCUT2D eigenvalue weighted by atomic mass is 9.77. The second kappa shape index (κ2) is 7.85. The Bertz CT molecular complexity index is 676. The minimum atomic E-state index is -0.282. The Balaban J connectivity index is 1.84. The summed E-state index contributed by atoms with van der Waals surface area (Å²) in [5.41, 5.74) is 2.02. The number of aliphatic hydroxyl groups excluding tert-OH is 1. The van der Waals surface area contributed by atoms with E-state index in [4.69, 9.17) is 27.9 Å². The van der Waals surface area contributed by atoms with E-state index in [2.05, 4.69) is 17.0 Å². The third-order valence-electron chi connectivity index (χ3n) is 4.55. The largest absolute Gasteiger partial charge is 0.396 e. The highest BCUT2D eigenvalue weighted by Gasteiger charge is 2.37. The Morgan fingerprint density at radius 1 is 1.08 bits per heavy atom. The quantitative estimate of drug-likeness (QED) is 0.865. The fraction of sp³-hybridized carbons (Fsp3) is 0.368. The highest BCUT2D eigenvalue weighted by atomic mass is 35.5. The Morgan fingerprint density at radius 3 is 2.58 bits per heavy atom. The van der Waals surface area contributed by atoms with E-state index in [0.29, 0.717) is 29.8 Å². The monoisotopic (exact) mass is 365 g/mol. The summed E-state index contributed by atoms with van der Waals surface area (Å²) in [5, 5.41) is 10.7. The first-order valence-electron chi connectivity index (χ1n) is 8.03. The number of benzene rings is 2. The maximum atomic E-state index is 9.61. The molecule has 0 saturated carbocycles. The number of aliphatic hydroxyl groups is 1. The average Bonchev–Trinajstić information content (AvgIpc) is 2.59. The van der Waals surface area contributed by atoms with Gasteiger partial charge in [0.05, 0.1) is 23.4 Å². The van der Waals surface area contributed by atoms with Gasteiger partial charge in [0.15, 0.2) is 0 Å². The van der Waals surface area contributed by atoms with Crippen molar-refractivity contribution < 1.29 is 9.84 Å². The van der Waals surface area contributed by atoms with Crippen LogP contribution < -0.4 is 0 Å². The molecule has 3 rings (SSSR count). The van der Waals surface area contributed by atoms with Crippen molar-refractivity contribution in [1.82, 2.24) is 4.90 Å². The van der Waals surface area contributed by atoms with E-state index in [1.54, 1.807) is 0 Å². The van der Waals surface area contributed by atoms with Gasteiger partial charge in [0.1, 0.15) is 0 Å². The van der Waals surface area contributed by atoms with Crippen LogP contribution >= 0.6 is 23.2 Å². The zero-order valence-corrected chi connectivity index (χ0v) is 14.9. The lowest BCUT2D eigenvalue weighted by molar-refractivity contribution is -0.0705. The Kier molecular flexibility index (Phi) is 5.80. The second-order valence-electron chi connectivity index (χ2n) is 6.33. The van der Waals surface area contributed by atoms with Crippen LogP contribution in [0, 0.1) is 0 Å². The van der Waals surface area contributed by atoms with Crippen molar-refractivity contribution in [3.8, 4) is 0 Å². The van der Waals surface area contributed by atoms with Gasteiger partial charge < -0.3 is 9.84 Å². The van der Waals surface area contributed by atoms with Crippen LogP contribution in [0.25, 0.3) is 0 Å². The fourth-order valence-electron chi connectivity index (χ4n) is 3.34. The first kappa shape index (κ1) is 17.7.